The lowest BCUT2D eigenvalue weighted by Gasteiger charge is -2.11. The average Bonchev–Trinajstić information content (AvgIpc) is 3.23. The van der Waals surface area contributed by atoms with Crippen molar-refractivity contribution in [2.45, 2.75) is 18.3 Å². The number of aromatic nitrogens is 2. The lowest BCUT2D eigenvalue weighted by atomic mass is 10.1. The molecule has 19 heavy (non-hydrogen) atoms. The molecule has 1 aliphatic rings. The molecule has 0 amide bonds. The molecule has 2 N–H and O–H groups in total. The van der Waals surface area contributed by atoms with Gasteiger partial charge in [0.25, 0.3) is 0 Å². The molecule has 0 radical (unpaired) electrons. The monoisotopic (exact) mass is 261 g/mol. The second-order valence-corrected chi connectivity index (χ2v) is 4.87. The first kappa shape index (κ1) is 12.2. The fourth-order valence-corrected chi connectivity index (χ4v) is 2.13. The minimum atomic E-state index is -0.497. The van der Waals surface area contributed by atoms with E-state index in [-0.39, 0.29) is 11.0 Å². The molecule has 1 fully saturated rings. The first-order valence-corrected chi connectivity index (χ1v) is 6.14. The summed E-state index contributed by atoms with van der Waals surface area (Å²) in [6.07, 6.45) is 3.45. The molecule has 1 heterocycles. The van der Waals surface area contributed by atoms with Gasteiger partial charge in [-0.2, -0.15) is 0 Å². The predicted molar refractivity (Wildman–Crippen MR) is 67.4 cm³/mol. The van der Waals surface area contributed by atoms with Crippen LogP contribution in [0.15, 0.2) is 30.5 Å². The van der Waals surface area contributed by atoms with Gasteiger partial charge in [0.15, 0.2) is 0 Å². The van der Waals surface area contributed by atoms with Gasteiger partial charge in [0.1, 0.15) is 17.5 Å². The molecule has 0 atom stereocenters. The minimum Gasteiger partial charge on any atom is -0.329 e. The van der Waals surface area contributed by atoms with Gasteiger partial charge in [-0.15, -0.1) is 0 Å². The Morgan fingerprint density at radius 3 is 2.68 bits per heavy atom. The van der Waals surface area contributed by atoms with Crippen LogP contribution in [-0.2, 0) is 5.41 Å². The van der Waals surface area contributed by atoms with Crippen molar-refractivity contribution in [2.24, 2.45) is 5.73 Å². The summed E-state index contributed by atoms with van der Waals surface area (Å²) in [5, 5.41) is 0. The van der Waals surface area contributed by atoms with E-state index in [1.165, 1.54) is 0 Å². The summed E-state index contributed by atoms with van der Waals surface area (Å²) < 4.78 is 26.9. The van der Waals surface area contributed by atoms with Crippen LogP contribution in [0.2, 0.25) is 0 Å². The van der Waals surface area contributed by atoms with E-state index >= 15 is 0 Å². The van der Waals surface area contributed by atoms with Gasteiger partial charge < -0.3 is 5.73 Å². The Morgan fingerprint density at radius 2 is 2.00 bits per heavy atom. The molecule has 0 saturated heterocycles. The van der Waals surface area contributed by atoms with Crippen LogP contribution >= 0.6 is 0 Å². The molecule has 0 aliphatic heterocycles. The van der Waals surface area contributed by atoms with E-state index < -0.39 is 11.6 Å². The summed E-state index contributed by atoms with van der Waals surface area (Å²) in [5.41, 5.74) is 6.10. The quantitative estimate of drug-likeness (QED) is 0.923. The molecule has 1 aromatic carbocycles. The van der Waals surface area contributed by atoms with Crippen LogP contribution < -0.4 is 5.73 Å². The Bertz CT molecular complexity index is 624. The zero-order valence-electron chi connectivity index (χ0n) is 10.2. The summed E-state index contributed by atoms with van der Waals surface area (Å²) in [4.78, 5) is 8.57. The normalized spacial score (nSPS) is 16.4. The largest absolute Gasteiger partial charge is 0.329 e. The first-order valence-electron chi connectivity index (χ1n) is 6.14. The molecule has 0 unspecified atom stereocenters. The van der Waals surface area contributed by atoms with Crippen molar-refractivity contribution in [1.29, 1.82) is 0 Å². The molecule has 1 aliphatic carbocycles. The molecule has 2 aromatic rings. The van der Waals surface area contributed by atoms with Gasteiger partial charge in [-0.3, -0.25) is 0 Å². The average molecular weight is 261 g/mol. The van der Waals surface area contributed by atoms with E-state index in [2.05, 4.69) is 9.97 Å². The fourth-order valence-electron chi connectivity index (χ4n) is 2.13. The lowest BCUT2D eigenvalue weighted by molar-refractivity contribution is 0.601. The van der Waals surface area contributed by atoms with Crippen molar-refractivity contribution < 1.29 is 8.78 Å². The Labute approximate surface area is 109 Å². The molecule has 0 spiro atoms. The predicted octanol–water partition coefficient (Wildman–Crippen LogP) is 2.41. The highest BCUT2D eigenvalue weighted by Crippen LogP contribution is 2.45. The maximum Gasteiger partial charge on any atom is 0.136 e. The lowest BCUT2D eigenvalue weighted by Crippen LogP contribution is -2.22. The standard InChI is InChI=1S/C14H13F2N3/c15-9-1-2-11(16)10(7-9)12-3-6-18-13(19-12)14(8-17)4-5-14/h1-3,6-7H,4-5,8,17H2. The topological polar surface area (TPSA) is 51.8 Å². The van der Waals surface area contributed by atoms with E-state index in [0.29, 0.717) is 18.1 Å². The summed E-state index contributed by atoms with van der Waals surface area (Å²) in [6.45, 7) is 0.474. The summed E-state index contributed by atoms with van der Waals surface area (Å²) >= 11 is 0. The van der Waals surface area contributed by atoms with Gasteiger partial charge in [0.2, 0.25) is 0 Å². The van der Waals surface area contributed by atoms with Crippen LogP contribution in [0, 0.1) is 11.6 Å². The van der Waals surface area contributed by atoms with E-state index in [0.717, 1.165) is 31.0 Å². The summed E-state index contributed by atoms with van der Waals surface area (Å²) in [6, 6.07) is 4.91. The van der Waals surface area contributed by atoms with Crippen LogP contribution in [0.1, 0.15) is 18.7 Å². The van der Waals surface area contributed by atoms with E-state index in [4.69, 9.17) is 5.73 Å². The molecule has 3 rings (SSSR count). The van der Waals surface area contributed by atoms with E-state index in [9.17, 15) is 8.78 Å². The Kier molecular flexibility index (Phi) is 2.78. The second kappa shape index (κ2) is 4.35. The van der Waals surface area contributed by atoms with Crippen molar-refractivity contribution in [1.82, 2.24) is 9.97 Å². The molecule has 0 bridgehead atoms. The number of benzene rings is 1. The molecule has 5 heteroatoms. The maximum atomic E-state index is 13.7. The van der Waals surface area contributed by atoms with Gasteiger partial charge in [0.05, 0.1) is 5.69 Å². The van der Waals surface area contributed by atoms with Crippen LogP contribution in [0.5, 0.6) is 0 Å². The summed E-state index contributed by atoms with van der Waals surface area (Å²) in [7, 11) is 0. The van der Waals surface area contributed by atoms with Crippen LogP contribution in [-0.4, -0.2) is 16.5 Å². The van der Waals surface area contributed by atoms with Crippen molar-refractivity contribution in [3.05, 3.63) is 47.9 Å². The van der Waals surface area contributed by atoms with Gasteiger partial charge in [-0.25, -0.2) is 18.7 Å². The first-order chi connectivity index (χ1) is 9.14. The highest BCUT2D eigenvalue weighted by atomic mass is 19.1. The van der Waals surface area contributed by atoms with Gasteiger partial charge in [-0.05, 0) is 37.1 Å². The van der Waals surface area contributed by atoms with Crippen molar-refractivity contribution in [3.8, 4) is 11.3 Å². The Hall–Kier alpha value is -1.88. The third-order valence-electron chi connectivity index (χ3n) is 3.58. The minimum absolute atomic E-state index is 0.150. The molecular weight excluding hydrogens is 248 g/mol. The SMILES string of the molecule is NCC1(c2nccc(-c3cc(F)ccc3F)n2)CC1. The van der Waals surface area contributed by atoms with Crippen molar-refractivity contribution >= 4 is 0 Å². The number of nitrogens with zero attached hydrogens (tertiary/aromatic N) is 2. The zero-order chi connectivity index (χ0) is 13.5. The third kappa shape index (κ3) is 2.10. The van der Waals surface area contributed by atoms with Gasteiger partial charge in [-0.1, -0.05) is 0 Å². The van der Waals surface area contributed by atoms with Crippen molar-refractivity contribution in [2.75, 3.05) is 6.54 Å². The highest BCUT2D eigenvalue weighted by molar-refractivity contribution is 5.59. The number of halogens is 2. The Balaban J connectivity index is 2.06. The van der Waals surface area contributed by atoms with E-state index in [1.807, 2.05) is 0 Å². The van der Waals surface area contributed by atoms with Gasteiger partial charge in [0, 0.05) is 23.7 Å². The van der Waals surface area contributed by atoms with Crippen LogP contribution in [0.25, 0.3) is 11.3 Å². The second-order valence-electron chi connectivity index (χ2n) is 4.87. The van der Waals surface area contributed by atoms with Gasteiger partial charge >= 0.3 is 0 Å². The molecule has 1 saturated carbocycles. The molecular formula is C14H13F2N3. The number of rotatable bonds is 3. The molecule has 3 nitrogen and oxygen atoms in total. The molecule has 1 aromatic heterocycles. The fraction of sp³-hybridized carbons (Fsp3) is 0.286. The van der Waals surface area contributed by atoms with Crippen LogP contribution in [0.4, 0.5) is 8.78 Å². The zero-order valence-corrected chi connectivity index (χ0v) is 10.2. The number of hydrogen-bond donors (Lipinski definition) is 1. The molecule has 98 valence electrons. The number of hydrogen-bond acceptors (Lipinski definition) is 3. The third-order valence-corrected chi connectivity index (χ3v) is 3.58. The van der Waals surface area contributed by atoms with Crippen molar-refractivity contribution in [3.63, 3.8) is 0 Å². The smallest absolute Gasteiger partial charge is 0.136 e. The Morgan fingerprint density at radius 1 is 1.21 bits per heavy atom. The maximum absolute atomic E-state index is 13.7. The summed E-state index contributed by atoms with van der Waals surface area (Å²) in [5.74, 6) is -0.365. The van der Waals surface area contributed by atoms with E-state index in [1.54, 1.807) is 12.3 Å². The highest BCUT2D eigenvalue weighted by Gasteiger charge is 2.45. The van der Waals surface area contributed by atoms with Crippen LogP contribution in [0.3, 0.4) is 0 Å². The number of nitrogens with two attached hydrogens (primary N) is 1.